The standard InChI is InChI=1S/C13H23NO3S/c1-9(2)8-10(13(16)17-3)14-12(15)11-6-4-5-7-18-11/h9-11H,4-8H2,1-3H3,(H,14,15). The first-order valence-electron chi connectivity index (χ1n) is 6.54. The third kappa shape index (κ3) is 4.88. The molecule has 4 nitrogen and oxygen atoms in total. The van der Waals surface area contributed by atoms with Crippen LogP contribution in [0.1, 0.15) is 39.5 Å². The summed E-state index contributed by atoms with van der Waals surface area (Å²) in [5.74, 6) is 1.01. The van der Waals surface area contributed by atoms with Gasteiger partial charge in [0.05, 0.1) is 12.4 Å². The molecule has 2 unspecified atom stereocenters. The molecular weight excluding hydrogens is 250 g/mol. The van der Waals surface area contributed by atoms with Gasteiger partial charge < -0.3 is 10.1 Å². The van der Waals surface area contributed by atoms with Crippen LogP contribution in [-0.2, 0) is 14.3 Å². The van der Waals surface area contributed by atoms with Crippen LogP contribution in [0.2, 0.25) is 0 Å². The maximum atomic E-state index is 12.1. The number of hydrogen-bond acceptors (Lipinski definition) is 4. The number of hydrogen-bond donors (Lipinski definition) is 1. The highest BCUT2D eigenvalue weighted by Gasteiger charge is 2.27. The highest BCUT2D eigenvalue weighted by atomic mass is 32.2. The van der Waals surface area contributed by atoms with Gasteiger partial charge in [-0.25, -0.2) is 4.79 Å². The van der Waals surface area contributed by atoms with Crippen molar-refractivity contribution in [1.29, 1.82) is 0 Å². The third-order valence-corrected chi connectivity index (χ3v) is 4.36. The monoisotopic (exact) mass is 273 g/mol. The Hall–Kier alpha value is -0.710. The predicted octanol–water partition coefficient (Wildman–Crippen LogP) is 1.98. The molecule has 1 amide bonds. The topological polar surface area (TPSA) is 55.4 Å². The second-order valence-corrected chi connectivity index (χ2v) is 6.38. The Kier molecular flexibility index (Phi) is 6.54. The Morgan fingerprint density at radius 3 is 2.61 bits per heavy atom. The Morgan fingerprint density at radius 2 is 2.11 bits per heavy atom. The molecule has 0 aliphatic carbocycles. The summed E-state index contributed by atoms with van der Waals surface area (Å²) in [5, 5.41) is 2.83. The van der Waals surface area contributed by atoms with Gasteiger partial charge in [-0.3, -0.25) is 4.79 Å². The van der Waals surface area contributed by atoms with Crippen molar-refractivity contribution in [3.8, 4) is 0 Å². The van der Waals surface area contributed by atoms with E-state index in [9.17, 15) is 9.59 Å². The molecule has 0 aromatic heterocycles. The molecule has 1 fully saturated rings. The fraction of sp³-hybridized carbons (Fsp3) is 0.846. The molecule has 0 saturated carbocycles. The van der Waals surface area contributed by atoms with E-state index in [0.29, 0.717) is 12.3 Å². The molecule has 0 spiro atoms. The molecule has 1 rings (SSSR count). The van der Waals surface area contributed by atoms with Crippen LogP contribution in [0.15, 0.2) is 0 Å². The van der Waals surface area contributed by atoms with Gasteiger partial charge in [0.1, 0.15) is 6.04 Å². The highest BCUT2D eigenvalue weighted by Crippen LogP contribution is 2.25. The van der Waals surface area contributed by atoms with Crippen molar-refractivity contribution in [2.24, 2.45) is 5.92 Å². The molecule has 0 radical (unpaired) electrons. The van der Waals surface area contributed by atoms with Crippen molar-refractivity contribution < 1.29 is 14.3 Å². The Balaban J connectivity index is 2.52. The second kappa shape index (κ2) is 7.67. The minimum atomic E-state index is -0.509. The van der Waals surface area contributed by atoms with Crippen LogP contribution in [-0.4, -0.2) is 36.0 Å². The molecule has 18 heavy (non-hydrogen) atoms. The number of amides is 1. The number of thioether (sulfide) groups is 1. The van der Waals surface area contributed by atoms with Crippen LogP contribution in [0.5, 0.6) is 0 Å². The van der Waals surface area contributed by atoms with Crippen LogP contribution in [0.4, 0.5) is 0 Å². The summed E-state index contributed by atoms with van der Waals surface area (Å²) < 4.78 is 4.74. The lowest BCUT2D eigenvalue weighted by Crippen LogP contribution is -2.46. The molecule has 1 aliphatic rings. The summed E-state index contributed by atoms with van der Waals surface area (Å²) >= 11 is 1.69. The molecule has 2 atom stereocenters. The molecule has 1 saturated heterocycles. The predicted molar refractivity (Wildman–Crippen MR) is 73.5 cm³/mol. The van der Waals surface area contributed by atoms with Crippen LogP contribution < -0.4 is 5.32 Å². The quantitative estimate of drug-likeness (QED) is 0.778. The summed E-state index contributed by atoms with van der Waals surface area (Å²) in [6, 6.07) is -0.509. The molecule has 0 aromatic carbocycles. The van der Waals surface area contributed by atoms with Gasteiger partial charge >= 0.3 is 5.97 Å². The van der Waals surface area contributed by atoms with Crippen LogP contribution in [0, 0.1) is 5.92 Å². The SMILES string of the molecule is COC(=O)C(CC(C)C)NC(=O)C1CCCCS1. The minimum absolute atomic E-state index is 0.00179. The van der Waals surface area contributed by atoms with Crippen molar-refractivity contribution >= 4 is 23.6 Å². The van der Waals surface area contributed by atoms with E-state index in [1.807, 2.05) is 13.8 Å². The molecule has 1 aliphatic heterocycles. The normalized spacial score (nSPS) is 21.4. The number of carbonyl (C=O) groups is 2. The maximum absolute atomic E-state index is 12.1. The van der Waals surface area contributed by atoms with Crippen LogP contribution in [0.25, 0.3) is 0 Å². The summed E-state index contributed by atoms with van der Waals surface area (Å²) in [6.45, 7) is 4.05. The Labute approximate surface area is 113 Å². The molecule has 1 N–H and O–H groups in total. The lowest BCUT2D eigenvalue weighted by atomic mass is 10.0. The van der Waals surface area contributed by atoms with Gasteiger partial charge in [0.25, 0.3) is 0 Å². The first kappa shape index (κ1) is 15.3. The summed E-state index contributed by atoms with van der Waals surface area (Å²) in [4.78, 5) is 23.7. The zero-order valence-electron chi connectivity index (χ0n) is 11.4. The minimum Gasteiger partial charge on any atom is -0.467 e. The molecule has 0 aromatic rings. The van der Waals surface area contributed by atoms with Gasteiger partial charge in [0, 0.05) is 0 Å². The van der Waals surface area contributed by atoms with Gasteiger partial charge in [0.2, 0.25) is 5.91 Å². The lowest BCUT2D eigenvalue weighted by molar-refractivity contribution is -0.145. The van der Waals surface area contributed by atoms with E-state index < -0.39 is 6.04 Å². The van der Waals surface area contributed by atoms with Gasteiger partial charge in [0.15, 0.2) is 0 Å². The summed E-state index contributed by atoms with van der Waals surface area (Å²) in [6.07, 6.45) is 3.81. The van der Waals surface area contributed by atoms with Crippen molar-refractivity contribution in [2.75, 3.05) is 12.9 Å². The second-order valence-electron chi connectivity index (χ2n) is 5.07. The zero-order chi connectivity index (χ0) is 13.5. The van der Waals surface area contributed by atoms with Gasteiger partial charge in [-0.15, -0.1) is 11.8 Å². The van der Waals surface area contributed by atoms with Crippen molar-refractivity contribution in [3.05, 3.63) is 0 Å². The molecule has 0 bridgehead atoms. The summed E-state index contributed by atoms with van der Waals surface area (Å²) in [7, 11) is 1.36. The zero-order valence-corrected chi connectivity index (χ0v) is 12.2. The van der Waals surface area contributed by atoms with Gasteiger partial charge in [-0.05, 0) is 30.9 Å². The molecule has 5 heteroatoms. The van der Waals surface area contributed by atoms with Crippen molar-refractivity contribution in [1.82, 2.24) is 5.32 Å². The molecular formula is C13H23NO3S. The van der Waals surface area contributed by atoms with Crippen LogP contribution >= 0.6 is 11.8 Å². The first-order chi connectivity index (χ1) is 8.54. The van der Waals surface area contributed by atoms with E-state index in [4.69, 9.17) is 4.74 Å². The largest absolute Gasteiger partial charge is 0.467 e. The number of rotatable bonds is 5. The fourth-order valence-corrected chi connectivity index (χ4v) is 3.25. The molecule has 104 valence electrons. The average Bonchev–Trinajstić information content (AvgIpc) is 2.37. The van der Waals surface area contributed by atoms with E-state index in [1.165, 1.54) is 13.5 Å². The lowest BCUT2D eigenvalue weighted by Gasteiger charge is -2.24. The van der Waals surface area contributed by atoms with E-state index in [0.717, 1.165) is 18.6 Å². The number of carbonyl (C=O) groups excluding carboxylic acids is 2. The van der Waals surface area contributed by atoms with E-state index >= 15 is 0 Å². The Bertz CT molecular complexity index is 288. The van der Waals surface area contributed by atoms with E-state index in [1.54, 1.807) is 11.8 Å². The van der Waals surface area contributed by atoms with E-state index in [2.05, 4.69) is 5.32 Å². The first-order valence-corrected chi connectivity index (χ1v) is 7.59. The third-order valence-electron chi connectivity index (χ3n) is 2.98. The fourth-order valence-electron chi connectivity index (χ4n) is 2.04. The van der Waals surface area contributed by atoms with Crippen LogP contribution in [0.3, 0.4) is 0 Å². The number of nitrogens with one attached hydrogen (secondary N) is 1. The number of ether oxygens (including phenoxy) is 1. The Morgan fingerprint density at radius 1 is 1.39 bits per heavy atom. The number of methoxy groups -OCH3 is 1. The molecule has 1 heterocycles. The van der Waals surface area contributed by atoms with Crippen molar-refractivity contribution in [3.63, 3.8) is 0 Å². The average molecular weight is 273 g/mol. The van der Waals surface area contributed by atoms with Crippen molar-refractivity contribution in [2.45, 2.75) is 50.8 Å². The number of esters is 1. The van der Waals surface area contributed by atoms with E-state index in [-0.39, 0.29) is 17.1 Å². The van der Waals surface area contributed by atoms with Gasteiger partial charge in [-0.1, -0.05) is 20.3 Å². The van der Waals surface area contributed by atoms with Gasteiger partial charge in [-0.2, -0.15) is 0 Å². The smallest absolute Gasteiger partial charge is 0.328 e. The maximum Gasteiger partial charge on any atom is 0.328 e. The summed E-state index contributed by atoms with van der Waals surface area (Å²) in [5.41, 5.74) is 0. The highest BCUT2D eigenvalue weighted by molar-refractivity contribution is 8.00.